The predicted molar refractivity (Wildman–Crippen MR) is 72.2 cm³/mol. The van der Waals surface area contributed by atoms with Gasteiger partial charge >= 0.3 is 0 Å². The van der Waals surface area contributed by atoms with Crippen LogP contribution in [0.1, 0.15) is 25.5 Å². The maximum Gasteiger partial charge on any atom is 0.0562 e. The molecular weight excluding hydrogens is 210 g/mol. The van der Waals surface area contributed by atoms with Crippen molar-refractivity contribution < 1.29 is 0 Å². The minimum absolute atomic E-state index is 0.711. The molecule has 1 aromatic heterocycles. The summed E-state index contributed by atoms with van der Waals surface area (Å²) < 4.78 is 0. The van der Waals surface area contributed by atoms with Crippen LogP contribution >= 0.6 is 0 Å². The number of hydrogen-bond acceptors (Lipinski definition) is 3. The first-order valence-corrected chi connectivity index (χ1v) is 6.38. The van der Waals surface area contributed by atoms with E-state index >= 15 is 0 Å². The Morgan fingerprint density at radius 2 is 2.41 bits per heavy atom. The molecule has 0 bridgehead atoms. The van der Waals surface area contributed by atoms with E-state index in [0.29, 0.717) is 6.04 Å². The van der Waals surface area contributed by atoms with E-state index in [1.165, 1.54) is 18.5 Å². The van der Waals surface area contributed by atoms with Gasteiger partial charge in [-0.3, -0.25) is 4.98 Å². The summed E-state index contributed by atoms with van der Waals surface area (Å²) in [5.41, 5.74) is 2.38. The summed E-state index contributed by atoms with van der Waals surface area (Å²) in [6.45, 7) is 8.69. The van der Waals surface area contributed by atoms with Crippen LogP contribution in [0.5, 0.6) is 0 Å². The highest BCUT2D eigenvalue weighted by Gasteiger charge is 2.28. The van der Waals surface area contributed by atoms with E-state index in [0.717, 1.165) is 25.3 Å². The Kier molecular flexibility index (Phi) is 4.15. The number of nitrogens with one attached hydrogen (secondary N) is 1. The van der Waals surface area contributed by atoms with Crippen LogP contribution in [0.15, 0.2) is 31.0 Å². The van der Waals surface area contributed by atoms with Crippen molar-refractivity contribution in [2.75, 3.05) is 18.0 Å². The molecule has 2 rings (SSSR count). The molecule has 0 saturated heterocycles. The smallest absolute Gasteiger partial charge is 0.0562 e. The number of aromatic nitrogens is 1. The van der Waals surface area contributed by atoms with Gasteiger partial charge < -0.3 is 10.2 Å². The fourth-order valence-corrected chi connectivity index (χ4v) is 1.98. The Morgan fingerprint density at radius 1 is 1.59 bits per heavy atom. The Hall–Kier alpha value is -1.35. The Labute approximate surface area is 104 Å². The first-order chi connectivity index (χ1) is 8.35. The van der Waals surface area contributed by atoms with Gasteiger partial charge in [-0.05, 0) is 31.5 Å². The lowest BCUT2D eigenvalue weighted by Gasteiger charge is -2.23. The summed E-state index contributed by atoms with van der Waals surface area (Å²) in [5.74, 6) is 0. The number of nitrogens with zero attached hydrogens (tertiary/aromatic N) is 2. The van der Waals surface area contributed by atoms with Crippen molar-refractivity contribution in [1.82, 2.24) is 10.3 Å². The van der Waals surface area contributed by atoms with Crippen molar-refractivity contribution in [2.45, 2.75) is 32.4 Å². The quantitative estimate of drug-likeness (QED) is 0.730. The molecule has 0 spiro atoms. The van der Waals surface area contributed by atoms with Crippen LogP contribution in [0, 0.1) is 0 Å². The zero-order valence-electron chi connectivity index (χ0n) is 10.5. The minimum atomic E-state index is 0.711. The molecule has 92 valence electrons. The van der Waals surface area contributed by atoms with Gasteiger partial charge in [0.15, 0.2) is 0 Å². The van der Waals surface area contributed by atoms with Gasteiger partial charge in [-0.15, -0.1) is 6.58 Å². The summed E-state index contributed by atoms with van der Waals surface area (Å²) in [6, 6.07) is 4.99. The fourth-order valence-electron chi connectivity index (χ4n) is 1.98. The van der Waals surface area contributed by atoms with E-state index in [9.17, 15) is 0 Å². The molecule has 1 aliphatic carbocycles. The van der Waals surface area contributed by atoms with Gasteiger partial charge in [-0.25, -0.2) is 0 Å². The van der Waals surface area contributed by atoms with Crippen molar-refractivity contribution in [1.29, 1.82) is 0 Å². The van der Waals surface area contributed by atoms with Crippen molar-refractivity contribution in [3.8, 4) is 0 Å². The molecule has 1 aliphatic rings. The maximum absolute atomic E-state index is 4.38. The van der Waals surface area contributed by atoms with Gasteiger partial charge in [0.25, 0.3) is 0 Å². The summed E-state index contributed by atoms with van der Waals surface area (Å²) in [6.07, 6.45) is 6.49. The summed E-state index contributed by atoms with van der Waals surface area (Å²) >= 11 is 0. The van der Waals surface area contributed by atoms with Crippen LogP contribution in [0.4, 0.5) is 5.69 Å². The zero-order chi connectivity index (χ0) is 12.1. The first-order valence-electron chi connectivity index (χ1n) is 6.38. The standard InChI is InChI=1S/C14H21N3/c1-3-9-17(13-5-6-13)14-7-8-16-12(10-14)11-15-4-2/h3,7-8,10,13,15H,1,4-6,9,11H2,2H3. The third-order valence-corrected chi connectivity index (χ3v) is 3.00. The monoisotopic (exact) mass is 231 g/mol. The van der Waals surface area contributed by atoms with E-state index in [1.54, 1.807) is 0 Å². The van der Waals surface area contributed by atoms with Gasteiger partial charge in [0, 0.05) is 31.0 Å². The summed E-state index contributed by atoms with van der Waals surface area (Å²) in [7, 11) is 0. The first kappa shape index (κ1) is 12.1. The van der Waals surface area contributed by atoms with E-state index < -0.39 is 0 Å². The van der Waals surface area contributed by atoms with Crippen LogP contribution < -0.4 is 10.2 Å². The van der Waals surface area contributed by atoms with Crippen LogP contribution in [-0.2, 0) is 6.54 Å². The lowest BCUT2D eigenvalue weighted by molar-refractivity contribution is 0.709. The van der Waals surface area contributed by atoms with Gasteiger partial charge in [-0.2, -0.15) is 0 Å². The molecule has 0 amide bonds. The molecule has 1 aromatic rings. The molecule has 0 aromatic carbocycles. The number of anilines is 1. The van der Waals surface area contributed by atoms with E-state index in [2.05, 4.69) is 40.8 Å². The van der Waals surface area contributed by atoms with Crippen LogP contribution in [0.2, 0.25) is 0 Å². The lowest BCUT2D eigenvalue weighted by Crippen LogP contribution is -2.26. The Bertz CT molecular complexity index is 371. The van der Waals surface area contributed by atoms with E-state index in [1.807, 2.05) is 12.3 Å². The molecule has 17 heavy (non-hydrogen) atoms. The highest BCUT2D eigenvalue weighted by molar-refractivity contribution is 5.49. The van der Waals surface area contributed by atoms with Crippen LogP contribution in [0.25, 0.3) is 0 Å². The Balaban J connectivity index is 2.09. The second kappa shape index (κ2) is 5.82. The average Bonchev–Trinajstić information content (AvgIpc) is 3.18. The largest absolute Gasteiger partial charge is 0.365 e. The maximum atomic E-state index is 4.38. The van der Waals surface area contributed by atoms with Gasteiger partial charge in [-0.1, -0.05) is 13.0 Å². The highest BCUT2D eigenvalue weighted by atomic mass is 15.2. The lowest BCUT2D eigenvalue weighted by atomic mass is 10.2. The van der Waals surface area contributed by atoms with Crippen molar-refractivity contribution in [3.63, 3.8) is 0 Å². The van der Waals surface area contributed by atoms with Crippen molar-refractivity contribution >= 4 is 5.69 Å². The molecule has 3 nitrogen and oxygen atoms in total. The van der Waals surface area contributed by atoms with Crippen LogP contribution in [0.3, 0.4) is 0 Å². The molecule has 1 N–H and O–H groups in total. The molecule has 0 unspecified atom stereocenters. The summed E-state index contributed by atoms with van der Waals surface area (Å²) in [5, 5.41) is 3.31. The molecule has 1 heterocycles. The van der Waals surface area contributed by atoms with Gasteiger partial charge in [0.2, 0.25) is 0 Å². The van der Waals surface area contributed by atoms with Gasteiger partial charge in [0.1, 0.15) is 0 Å². The third-order valence-electron chi connectivity index (χ3n) is 3.00. The average molecular weight is 231 g/mol. The summed E-state index contributed by atoms with van der Waals surface area (Å²) in [4.78, 5) is 6.80. The van der Waals surface area contributed by atoms with Gasteiger partial charge in [0.05, 0.1) is 5.69 Å². The fraction of sp³-hybridized carbons (Fsp3) is 0.500. The topological polar surface area (TPSA) is 28.2 Å². The van der Waals surface area contributed by atoms with Crippen LogP contribution in [-0.4, -0.2) is 24.1 Å². The molecule has 1 saturated carbocycles. The zero-order valence-corrected chi connectivity index (χ0v) is 10.5. The Morgan fingerprint density at radius 3 is 3.06 bits per heavy atom. The predicted octanol–water partition coefficient (Wildman–Crippen LogP) is 2.35. The molecule has 1 fully saturated rings. The molecule has 3 heteroatoms. The SMILES string of the molecule is C=CCN(c1ccnc(CNCC)c1)C1CC1. The number of rotatable bonds is 7. The van der Waals surface area contributed by atoms with Crippen molar-refractivity contribution in [2.24, 2.45) is 0 Å². The van der Waals surface area contributed by atoms with Crippen molar-refractivity contribution in [3.05, 3.63) is 36.7 Å². The van der Waals surface area contributed by atoms with E-state index in [-0.39, 0.29) is 0 Å². The second-order valence-corrected chi connectivity index (χ2v) is 4.46. The van der Waals surface area contributed by atoms with E-state index in [4.69, 9.17) is 0 Å². The molecular formula is C14H21N3. The highest BCUT2D eigenvalue weighted by Crippen LogP contribution is 2.31. The second-order valence-electron chi connectivity index (χ2n) is 4.46. The third kappa shape index (κ3) is 3.30. The molecule has 0 aliphatic heterocycles. The molecule has 0 atom stereocenters. The minimum Gasteiger partial charge on any atom is -0.365 e. The number of pyridine rings is 1. The normalized spacial score (nSPS) is 14.6. The molecule has 0 radical (unpaired) electrons. The number of hydrogen-bond donors (Lipinski definition) is 1.